The third kappa shape index (κ3) is 2.71. The number of benzene rings is 1. The van der Waals surface area contributed by atoms with Crippen LogP contribution in [0.1, 0.15) is 11.6 Å². The SMILES string of the molecule is N[C@@H](c1cc(F)ccc1[N+](=O)[O-])C(F)(F)CO. The Hall–Kier alpha value is -1.67. The fraction of sp³-hybridized carbons (Fsp3) is 0.333. The minimum Gasteiger partial charge on any atom is -0.390 e. The molecule has 0 aliphatic rings. The average Bonchev–Trinajstić information content (AvgIpc) is 2.27. The maximum atomic E-state index is 13.1. The van der Waals surface area contributed by atoms with Crippen molar-refractivity contribution in [1.29, 1.82) is 0 Å². The quantitative estimate of drug-likeness (QED) is 0.623. The molecule has 8 heteroatoms. The largest absolute Gasteiger partial charge is 0.390 e. The first-order valence-corrected chi connectivity index (χ1v) is 4.47. The maximum Gasteiger partial charge on any atom is 0.289 e. The fourth-order valence-corrected chi connectivity index (χ4v) is 1.27. The first-order valence-electron chi connectivity index (χ1n) is 4.47. The fourth-order valence-electron chi connectivity index (χ4n) is 1.27. The number of aliphatic hydroxyl groups is 1. The van der Waals surface area contributed by atoms with Crippen molar-refractivity contribution in [2.24, 2.45) is 5.73 Å². The van der Waals surface area contributed by atoms with E-state index >= 15 is 0 Å². The summed E-state index contributed by atoms with van der Waals surface area (Å²) < 4.78 is 39.1. The zero-order chi connectivity index (χ0) is 13.2. The molecule has 0 radical (unpaired) electrons. The second-order valence-corrected chi connectivity index (χ2v) is 3.36. The molecule has 5 nitrogen and oxygen atoms in total. The van der Waals surface area contributed by atoms with Gasteiger partial charge in [0.2, 0.25) is 0 Å². The van der Waals surface area contributed by atoms with Crippen molar-refractivity contribution in [2.45, 2.75) is 12.0 Å². The van der Waals surface area contributed by atoms with Gasteiger partial charge in [0.15, 0.2) is 0 Å². The monoisotopic (exact) mass is 250 g/mol. The van der Waals surface area contributed by atoms with Gasteiger partial charge in [0, 0.05) is 6.07 Å². The molecule has 0 aliphatic heterocycles. The highest BCUT2D eigenvalue weighted by Gasteiger charge is 2.40. The van der Waals surface area contributed by atoms with Crippen molar-refractivity contribution in [3.63, 3.8) is 0 Å². The summed E-state index contributed by atoms with van der Waals surface area (Å²) in [6.07, 6.45) is 0. The molecule has 0 aromatic heterocycles. The van der Waals surface area contributed by atoms with Crippen LogP contribution in [0.2, 0.25) is 0 Å². The summed E-state index contributed by atoms with van der Waals surface area (Å²) in [5, 5.41) is 19.0. The van der Waals surface area contributed by atoms with Crippen molar-refractivity contribution in [3.8, 4) is 0 Å². The van der Waals surface area contributed by atoms with E-state index in [0.29, 0.717) is 6.07 Å². The van der Waals surface area contributed by atoms with E-state index in [1.165, 1.54) is 0 Å². The van der Waals surface area contributed by atoms with E-state index in [4.69, 9.17) is 10.8 Å². The van der Waals surface area contributed by atoms with Gasteiger partial charge in [-0.3, -0.25) is 10.1 Å². The first-order chi connectivity index (χ1) is 7.79. The number of hydrogen-bond donors (Lipinski definition) is 2. The third-order valence-corrected chi connectivity index (χ3v) is 2.19. The third-order valence-electron chi connectivity index (χ3n) is 2.19. The molecular formula is C9H9F3N2O3. The lowest BCUT2D eigenvalue weighted by Crippen LogP contribution is -2.36. The summed E-state index contributed by atoms with van der Waals surface area (Å²) in [4.78, 5) is 9.63. The second kappa shape index (κ2) is 4.68. The van der Waals surface area contributed by atoms with Crippen molar-refractivity contribution < 1.29 is 23.2 Å². The van der Waals surface area contributed by atoms with Crippen LogP contribution in [0.25, 0.3) is 0 Å². The predicted molar refractivity (Wildman–Crippen MR) is 52.0 cm³/mol. The number of aliphatic hydroxyl groups excluding tert-OH is 1. The maximum absolute atomic E-state index is 13.1. The van der Waals surface area contributed by atoms with Crippen LogP contribution in [-0.4, -0.2) is 22.6 Å². The molecule has 3 N–H and O–H groups in total. The van der Waals surface area contributed by atoms with Crippen molar-refractivity contribution in [3.05, 3.63) is 39.7 Å². The minimum atomic E-state index is -3.77. The molecule has 0 fully saturated rings. The van der Waals surface area contributed by atoms with Gasteiger partial charge < -0.3 is 10.8 Å². The number of hydrogen-bond acceptors (Lipinski definition) is 4. The van der Waals surface area contributed by atoms with Crippen molar-refractivity contribution in [2.75, 3.05) is 6.61 Å². The summed E-state index contributed by atoms with van der Waals surface area (Å²) in [6.45, 7) is -1.58. The van der Waals surface area contributed by atoms with E-state index in [-0.39, 0.29) is 0 Å². The van der Waals surface area contributed by atoms with E-state index in [9.17, 15) is 23.3 Å². The molecule has 1 aromatic rings. The zero-order valence-electron chi connectivity index (χ0n) is 8.44. The molecule has 17 heavy (non-hydrogen) atoms. The van der Waals surface area contributed by atoms with Gasteiger partial charge in [-0.2, -0.15) is 0 Å². The van der Waals surface area contributed by atoms with Crippen LogP contribution >= 0.6 is 0 Å². The van der Waals surface area contributed by atoms with Crippen LogP contribution < -0.4 is 5.73 Å². The Morgan fingerprint density at radius 3 is 2.59 bits per heavy atom. The second-order valence-electron chi connectivity index (χ2n) is 3.36. The van der Waals surface area contributed by atoms with Gasteiger partial charge in [0.25, 0.3) is 11.6 Å². The molecule has 0 saturated carbocycles. The summed E-state index contributed by atoms with van der Waals surface area (Å²) in [5.41, 5.74) is 3.74. The van der Waals surface area contributed by atoms with Gasteiger partial charge in [-0.25, -0.2) is 13.2 Å². The molecule has 0 spiro atoms. The van der Waals surface area contributed by atoms with Crippen LogP contribution in [0.3, 0.4) is 0 Å². The number of halogens is 3. The lowest BCUT2D eigenvalue weighted by molar-refractivity contribution is -0.386. The highest BCUT2D eigenvalue weighted by molar-refractivity contribution is 5.43. The summed E-state index contributed by atoms with van der Waals surface area (Å²) in [7, 11) is 0. The Balaban J connectivity index is 3.29. The van der Waals surface area contributed by atoms with Crippen molar-refractivity contribution in [1.82, 2.24) is 0 Å². The molecule has 0 saturated heterocycles. The van der Waals surface area contributed by atoms with Crippen LogP contribution in [0.5, 0.6) is 0 Å². The van der Waals surface area contributed by atoms with E-state index < -0.39 is 40.6 Å². The van der Waals surface area contributed by atoms with Gasteiger partial charge >= 0.3 is 0 Å². The van der Waals surface area contributed by atoms with Crippen LogP contribution in [0.15, 0.2) is 18.2 Å². The van der Waals surface area contributed by atoms with Crippen LogP contribution in [-0.2, 0) is 0 Å². The van der Waals surface area contributed by atoms with Gasteiger partial charge in [0.1, 0.15) is 18.5 Å². The van der Waals surface area contributed by atoms with Gasteiger partial charge in [-0.15, -0.1) is 0 Å². The van der Waals surface area contributed by atoms with E-state index in [1.54, 1.807) is 0 Å². The first kappa shape index (κ1) is 13.4. The molecule has 0 heterocycles. The normalized spacial score (nSPS) is 13.5. The number of nitrogens with two attached hydrogens (primary N) is 1. The summed E-state index contributed by atoms with van der Waals surface area (Å²) in [6, 6.07) is -0.0703. The van der Waals surface area contributed by atoms with Gasteiger partial charge in [-0.05, 0) is 12.1 Å². The Morgan fingerprint density at radius 2 is 2.12 bits per heavy atom. The molecule has 1 rings (SSSR count). The molecule has 94 valence electrons. The van der Waals surface area contributed by atoms with Crippen molar-refractivity contribution >= 4 is 5.69 Å². The van der Waals surface area contributed by atoms with Gasteiger partial charge in [-0.1, -0.05) is 0 Å². The zero-order valence-corrected chi connectivity index (χ0v) is 8.44. The van der Waals surface area contributed by atoms with Gasteiger partial charge in [0.05, 0.1) is 10.5 Å². The Morgan fingerprint density at radius 1 is 1.53 bits per heavy atom. The highest BCUT2D eigenvalue weighted by atomic mass is 19.3. The number of nitrogens with zero attached hydrogens (tertiary/aromatic N) is 1. The standard InChI is InChI=1S/C9H9F3N2O3/c10-5-1-2-7(14(16)17)6(3-5)8(13)9(11,12)4-15/h1-3,8,15H,4,13H2/t8-/m0/s1. The van der Waals surface area contributed by atoms with E-state index in [2.05, 4.69) is 0 Å². The van der Waals surface area contributed by atoms with Crippen LogP contribution in [0, 0.1) is 15.9 Å². The Bertz CT molecular complexity index is 439. The number of nitro benzene ring substituents is 1. The number of nitro groups is 1. The van der Waals surface area contributed by atoms with Crippen LogP contribution in [0.4, 0.5) is 18.9 Å². The molecular weight excluding hydrogens is 241 g/mol. The highest BCUT2D eigenvalue weighted by Crippen LogP contribution is 2.34. The molecule has 1 aromatic carbocycles. The topological polar surface area (TPSA) is 89.4 Å². The lowest BCUT2D eigenvalue weighted by Gasteiger charge is -2.21. The smallest absolute Gasteiger partial charge is 0.289 e. The lowest BCUT2D eigenvalue weighted by atomic mass is 10.00. The minimum absolute atomic E-state index is 0.562. The molecule has 0 aliphatic carbocycles. The van der Waals surface area contributed by atoms with E-state index in [0.717, 1.165) is 12.1 Å². The Labute approximate surface area is 93.8 Å². The Kier molecular flexibility index (Phi) is 3.69. The molecule has 0 bridgehead atoms. The predicted octanol–water partition coefficient (Wildman–Crippen LogP) is 1.36. The molecule has 0 unspecified atom stereocenters. The molecule has 0 amide bonds. The summed E-state index contributed by atoms with van der Waals surface area (Å²) >= 11 is 0. The average molecular weight is 250 g/mol. The summed E-state index contributed by atoms with van der Waals surface area (Å²) in [5.74, 6) is -4.69. The number of alkyl halides is 2. The number of rotatable bonds is 4. The molecule has 1 atom stereocenters. The van der Waals surface area contributed by atoms with E-state index in [1.807, 2.05) is 0 Å².